The Labute approximate surface area is 100 Å². The fourth-order valence-electron chi connectivity index (χ4n) is 2.43. The molecular weight excluding hydrogens is 198 g/mol. The zero-order valence-electron chi connectivity index (χ0n) is 11.1. The van der Waals surface area contributed by atoms with Crippen molar-refractivity contribution in [1.29, 1.82) is 0 Å². The molecule has 2 atom stereocenters. The van der Waals surface area contributed by atoms with Crippen molar-refractivity contribution in [3.63, 3.8) is 0 Å². The molecule has 1 heterocycles. The van der Waals surface area contributed by atoms with Gasteiger partial charge in [-0.25, -0.2) is 0 Å². The largest absolute Gasteiger partial charge is 0.501 e. The third-order valence-corrected chi connectivity index (χ3v) is 3.29. The lowest BCUT2D eigenvalue weighted by molar-refractivity contribution is 0.214. The maximum atomic E-state index is 5.47. The summed E-state index contributed by atoms with van der Waals surface area (Å²) < 4.78 is 5.47. The molecular formula is C14H27NO. The highest BCUT2D eigenvalue weighted by atomic mass is 16.5. The minimum Gasteiger partial charge on any atom is -0.501 e. The highest BCUT2D eigenvalue weighted by Gasteiger charge is 2.21. The molecule has 0 bridgehead atoms. The van der Waals surface area contributed by atoms with Crippen molar-refractivity contribution in [2.24, 2.45) is 5.92 Å². The zero-order chi connectivity index (χ0) is 11.8. The topological polar surface area (TPSA) is 21.3 Å². The van der Waals surface area contributed by atoms with Crippen molar-refractivity contribution >= 4 is 0 Å². The van der Waals surface area contributed by atoms with Crippen molar-refractivity contribution in [3.8, 4) is 0 Å². The minimum atomic E-state index is 0.528. The summed E-state index contributed by atoms with van der Waals surface area (Å²) in [5.74, 6) is 0.712. The fraction of sp³-hybridized carbons (Fsp3) is 0.857. The summed E-state index contributed by atoms with van der Waals surface area (Å²) in [4.78, 5) is 0. The van der Waals surface area contributed by atoms with Gasteiger partial charge >= 0.3 is 0 Å². The molecule has 0 aliphatic carbocycles. The first-order valence-electron chi connectivity index (χ1n) is 6.83. The molecule has 1 aliphatic rings. The van der Waals surface area contributed by atoms with E-state index in [1.807, 2.05) is 6.26 Å². The van der Waals surface area contributed by atoms with E-state index >= 15 is 0 Å². The molecule has 0 fully saturated rings. The quantitative estimate of drug-likeness (QED) is 0.716. The van der Waals surface area contributed by atoms with Gasteiger partial charge in [0.15, 0.2) is 0 Å². The van der Waals surface area contributed by atoms with Gasteiger partial charge in [0.05, 0.1) is 12.9 Å². The molecule has 0 radical (unpaired) electrons. The van der Waals surface area contributed by atoms with Crippen LogP contribution in [0, 0.1) is 5.92 Å². The molecule has 2 unspecified atom stereocenters. The monoisotopic (exact) mass is 225 g/mol. The van der Waals surface area contributed by atoms with Crippen molar-refractivity contribution in [2.45, 2.75) is 58.9 Å². The maximum absolute atomic E-state index is 5.47. The van der Waals surface area contributed by atoms with Gasteiger partial charge in [0.25, 0.3) is 0 Å². The molecule has 0 aromatic rings. The van der Waals surface area contributed by atoms with Crippen molar-refractivity contribution < 1.29 is 4.74 Å². The summed E-state index contributed by atoms with van der Waals surface area (Å²) >= 11 is 0. The van der Waals surface area contributed by atoms with Gasteiger partial charge in [-0.3, -0.25) is 0 Å². The summed E-state index contributed by atoms with van der Waals surface area (Å²) in [6.07, 6.45) is 8.13. The van der Waals surface area contributed by atoms with Gasteiger partial charge in [-0.2, -0.15) is 0 Å². The zero-order valence-corrected chi connectivity index (χ0v) is 11.1. The molecule has 94 valence electrons. The van der Waals surface area contributed by atoms with Crippen LogP contribution in [0.2, 0.25) is 0 Å². The van der Waals surface area contributed by atoms with Crippen LogP contribution in [-0.2, 0) is 4.74 Å². The second kappa shape index (κ2) is 7.72. The highest BCUT2D eigenvalue weighted by molar-refractivity contribution is 5.11. The molecule has 0 aromatic carbocycles. The predicted octanol–water partition coefficient (Wildman–Crippen LogP) is 3.49. The summed E-state index contributed by atoms with van der Waals surface area (Å²) in [5.41, 5.74) is 1.47. The van der Waals surface area contributed by atoms with Crippen LogP contribution in [0.3, 0.4) is 0 Å². The van der Waals surface area contributed by atoms with E-state index in [1.165, 1.54) is 37.7 Å². The third-order valence-electron chi connectivity index (χ3n) is 3.29. The third kappa shape index (κ3) is 4.17. The highest BCUT2D eigenvalue weighted by Crippen LogP contribution is 2.23. The first-order valence-corrected chi connectivity index (χ1v) is 6.83. The van der Waals surface area contributed by atoms with Crippen LogP contribution < -0.4 is 5.32 Å². The molecule has 0 aromatic heterocycles. The van der Waals surface area contributed by atoms with E-state index in [4.69, 9.17) is 4.74 Å². The molecule has 2 nitrogen and oxygen atoms in total. The number of nitrogens with one attached hydrogen (secondary N) is 1. The Morgan fingerprint density at radius 1 is 1.38 bits per heavy atom. The molecule has 2 heteroatoms. The van der Waals surface area contributed by atoms with E-state index in [9.17, 15) is 0 Å². The van der Waals surface area contributed by atoms with Crippen molar-refractivity contribution in [3.05, 3.63) is 11.8 Å². The molecule has 0 saturated carbocycles. The molecule has 16 heavy (non-hydrogen) atoms. The molecule has 0 spiro atoms. The fourth-order valence-corrected chi connectivity index (χ4v) is 2.43. The molecule has 1 aliphatic heterocycles. The van der Waals surface area contributed by atoms with Gasteiger partial charge in [0.1, 0.15) is 0 Å². The Bertz CT molecular complexity index is 213. The van der Waals surface area contributed by atoms with Gasteiger partial charge in [-0.1, -0.05) is 27.2 Å². The van der Waals surface area contributed by atoms with E-state index in [0.717, 1.165) is 13.2 Å². The Morgan fingerprint density at radius 3 is 2.75 bits per heavy atom. The number of rotatable bonds is 7. The Morgan fingerprint density at radius 2 is 2.19 bits per heavy atom. The van der Waals surface area contributed by atoms with Gasteiger partial charge in [0, 0.05) is 6.04 Å². The summed E-state index contributed by atoms with van der Waals surface area (Å²) in [5, 5.41) is 3.68. The van der Waals surface area contributed by atoms with Gasteiger partial charge in [-0.15, -0.1) is 0 Å². The Kier molecular flexibility index (Phi) is 6.55. The van der Waals surface area contributed by atoms with E-state index in [1.54, 1.807) is 0 Å². The lowest BCUT2D eigenvalue weighted by atomic mass is 9.88. The van der Waals surface area contributed by atoms with Crippen LogP contribution in [0.5, 0.6) is 0 Å². The average Bonchev–Trinajstić information content (AvgIpc) is 2.31. The van der Waals surface area contributed by atoms with Crippen molar-refractivity contribution in [1.82, 2.24) is 5.32 Å². The van der Waals surface area contributed by atoms with Crippen molar-refractivity contribution in [2.75, 3.05) is 13.2 Å². The Hall–Kier alpha value is -0.500. The molecule has 0 amide bonds. The summed E-state index contributed by atoms with van der Waals surface area (Å²) in [6, 6.07) is 0.528. The predicted molar refractivity (Wildman–Crippen MR) is 69.4 cm³/mol. The molecule has 0 saturated heterocycles. The van der Waals surface area contributed by atoms with E-state index in [2.05, 4.69) is 26.1 Å². The standard InChI is InChI=1S/C14H27NO/c1-4-7-12(3)14(15-9-5-2)13-8-6-10-16-11-13/h11-12,14-15H,4-10H2,1-3H3. The van der Waals surface area contributed by atoms with Gasteiger partial charge < -0.3 is 10.1 Å². The second-order valence-electron chi connectivity index (χ2n) is 4.86. The SMILES string of the molecule is CCCNC(C1=COCCC1)C(C)CCC. The minimum absolute atomic E-state index is 0.528. The Balaban J connectivity index is 2.57. The van der Waals surface area contributed by atoms with E-state index in [-0.39, 0.29) is 0 Å². The second-order valence-corrected chi connectivity index (χ2v) is 4.86. The molecule has 1 N–H and O–H groups in total. The smallest absolute Gasteiger partial charge is 0.0876 e. The van der Waals surface area contributed by atoms with Crippen LogP contribution in [0.15, 0.2) is 11.8 Å². The van der Waals surface area contributed by atoms with E-state index < -0.39 is 0 Å². The average molecular weight is 225 g/mol. The first-order chi connectivity index (χ1) is 7.79. The van der Waals surface area contributed by atoms with Crippen LogP contribution in [0.1, 0.15) is 52.9 Å². The van der Waals surface area contributed by atoms with Gasteiger partial charge in [0.2, 0.25) is 0 Å². The van der Waals surface area contributed by atoms with Gasteiger partial charge in [-0.05, 0) is 43.7 Å². The van der Waals surface area contributed by atoms with Crippen LogP contribution in [0.25, 0.3) is 0 Å². The van der Waals surface area contributed by atoms with Crippen LogP contribution in [-0.4, -0.2) is 19.2 Å². The summed E-state index contributed by atoms with van der Waals surface area (Å²) in [7, 11) is 0. The molecule has 1 rings (SSSR count). The number of hydrogen-bond donors (Lipinski definition) is 1. The lowest BCUT2D eigenvalue weighted by Crippen LogP contribution is -2.38. The van der Waals surface area contributed by atoms with Crippen LogP contribution in [0.4, 0.5) is 0 Å². The summed E-state index contributed by atoms with van der Waals surface area (Å²) in [6.45, 7) is 8.84. The maximum Gasteiger partial charge on any atom is 0.0876 e. The first kappa shape index (κ1) is 13.6. The van der Waals surface area contributed by atoms with Crippen LogP contribution >= 0.6 is 0 Å². The normalized spacial score (nSPS) is 19.8. The lowest BCUT2D eigenvalue weighted by Gasteiger charge is -2.29. The number of ether oxygens (including phenoxy) is 1. The van der Waals surface area contributed by atoms with E-state index in [0.29, 0.717) is 12.0 Å². The number of hydrogen-bond acceptors (Lipinski definition) is 2.